The van der Waals surface area contributed by atoms with E-state index in [4.69, 9.17) is 16.3 Å². The van der Waals surface area contributed by atoms with Crippen LogP contribution in [0.2, 0.25) is 5.02 Å². The van der Waals surface area contributed by atoms with Crippen LogP contribution in [0.25, 0.3) is 21.8 Å². The molecule has 3 rings (SSSR count). The Bertz CT molecular complexity index is 1010. The molecule has 0 amide bonds. The van der Waals surface area contributed by atoms with Gasteiger partial charge in [-0.25, -0.2) is 0 Å². The Morgan fingerprint density at radius 3 is 2.58 bits per heavy atom. The molecule has 0 N–H and O–H groups in total. The first-order chi connectivity index (χ1) is 12.3. The molecule has 2 unspecified atom stereocenters. The van der Waals surface area contributed by atoms with Crippen molar-refractivity contribution in [3.8, 4) is 0 Å². The van der Waals surface area contributed by atoms with Gasteiger partial charge in [-0.15, -0.1) is 10.1 Å². The van der Waals surface area contributed by atoms with Gasteiger partial charge in [-0.1, -0.05) is 23.7 Å². The minimum Gasteiger partial charge on any atom is -0.435 e. The van der Waals surface area contributed by atoms with Crippen molar-refractivity contribution in [3.05, 3.63) is 57.1 Å². The fourth-order valence-corrected chi connectivity index (χ4v) is 3.19. The average molecular weight is 377 g/mol. The van der Waals surface area contributed by atoms with Crippen LogP contribution < -0.4 is 0 Å². The fourth-order valence-electron chi connectivity index (χ4n) is 3.01. The number of benzene rings is 2. The van der Waals surface area contributed by atoms with Gasteiger partial charge >= 0.3 is 5.97 Å². The van der Waals surface area contributed by atoms with E-state index in [1.807, 2.05) is 48.0 Å². The molecule has 1 aromatic heterocycles. The molecule has 0 spiro atoms. The first-order valence-corrected chi connectivity index (χ1v) is 8.35. The van der Waals surface area contributed by atoms with Crippen LogP contribution in [0.15, 0.2) is 36.4 Å². The van der Waals surface area contributed by atoms with Gasteiger partial charge in [-0.2, -0.15) is 0 Å². The summed E-state index contributed by atoms with van der Waals surface area (Å²) >= 11 is 6.11. The van der Waals surface area contributed by atoms with E-state index in [9.17, 15) is 14.9 Å². The summed E-state index contributed by atoms with van der Waals surface area (Å²) in [5.74, 6) is -1.20. The second-order valence-electron chi connectivity index (χ2n) is 6.05. The third-order valence-electron chi connectivity index (χ3n) is 4.36. The number of hydrogen-bond acceptors (Lipinski definition) is 5. The third-order valence-corrected chi connectivity index (χ3v) is 4.60. The highest BCUT2D eigenvalue weighted by Gasteiger charge is 2.22. The quantitative estimate of drug-likeness (QED) is 0.288. The molecule has 0 fully saturated rings. The van der Waals surface area contributed by atoms with Crippen LogP contribution in [0, 0.1) is 10.1 Å². The van der Waals surface area contributed by atoms with Gasteiger partial charge in [-0.05, 0) is 43.7 Å². The predicted octanol–water partition coefficient (Wildman–Crippen LogP) is 4.19. The van der Waals surface area contributed by atoms with Crippen molar-refractivity contribution in [1.82, 2.24) is 4.57 Å². The molecule has 136 valence electrons. The predicted molar refractivity (Wildman–Crippen MR) is 97.5 cm³/mol. The monoisotopic (exact) mass is 376 g/mol. The minimum atomic E-state index is -1.26. The SMILES string of the molecule is CC(OC(=O)C(C)c1ccc2c3cc(Cl)ccc3n(C)c2c1)O[N+](=O)[O-]. The van der Waals surface area contributed by atoms with Gasteiger partial charge in [0.1, 0.15) is 0 Å². The van der Waals surface area contributed by atoms with Crippen molar-refractivity contribution >= 4 is 39.4 Å². The summed E-state index contributed by atoms with van der Waals surface area (Å²) in [4.78, 5) is 26.7. The van der Waals surface area contributed by atoms with Crippen molar-refractivity contribution in [2.45, 2.75) is 26.1 Å². The van der Waals surface area contributed by atoms with Gasteiger partial charge in [0.2, 0.25) is 6.29 Å². The van der Waals surface area contributed by atoms with Crippen LogP contribution in [-0.4, -0.2) is 21.9 Å². The highest BCUT2D eigenvalue weighted by atomic mass is 35.5. The standard InChI is InChI=1S/C18H17ClN2O5/c1-10(18(22)25-11(2)26-21(23)24)12-4-6-14-15-9-13(19)5-7-16(15)20(3)17(14)8-12/h4-11H,1-3H3. The van der Waals surface area contributed by atoms with Gasteiger partial charge in [0, 0.05) is 33.9 Å². The molecular formula is C18H17ClN2O5. The number of nitrogens with zero attached hydrogens (tertiary/aromatic N) is 2. The maximum absolute atomic E-state index is 12.2. The fraction of sp³-hybridized carbons (Fsp3) is 0.278. The lowest BCUT2D eigenvalue weighted by Crippen LogP contribution is -2.24. The van der Waals surface area contributed by atoms with Crippen LogP contribution in [0.4, 0.5) is 0 Å². The van der Waals surface area contributed by atoms with Gasteiger partial charge < -0.3 is 9.30 Å². The molecule has 1 heterocycles. The summed E-state index contributed by atoms with van der Waals surface area (Å²) in [5, 5.41) is 12.0. The zero-order valence-electron chi connectivity index (χ0n) is 14.4. The summed E-state index contributed by atoms with van der Waals surface area (Å²) in [5.41, 5.74) is 2.73. The Morgan fingerprint density at radius 1 is 1.15 bits per heavy atom. The van der Waals surface area contributed by atoms with E-state index in [2.05, 4.69) is 4.84 Å². The number of halogens is 1. The largest absolute Gasteiger partial charge is 0.435 e. The van der Waals surface area contributed by atoms with Crippen LogP contribution in [0.3, 0.4) is 0 Å². The number of aromatic nitrogens is 1. The summed E-state index contributed by atoms with van der Waals surface area (Å²) in [6, 6.07) is 11.4. The van der Waals surface area contributed by atoms with Crippen molar-refractivity contribution in [2.75, 3.05) is 0 Å². The van der Waals surface area contributed by atoms with Gasteiger partial charge in [-0.3, -0.25) is 9.63 Å². The molecule has 7 nitrogen and oxygen atoms in total. The maximum atomic E-state index is 12.2. The summed E-state index contributed by atoms with van der Waals surface area (Å²) in [6.45, 7) is 2.98. The first-order valence-electron chi connectivity index (χ1n) is 7.97. The molecule has 0 saturated carbocycles. The Hall–Kier alpha value is -2.80. The average Bonchev–Trinajstić information content (AvgIpc) is 2.85. The topological polar surface area (TPSA) is 83.6 Å². The molecule has 0 saturated heterocycles. The molecule has 2 atom stereocenters. The number of carbonyl (C=O) groups excluding carboxylic acids is 1. The Kier molecular flexibility index (Phi) is 4.73. The molecule has 0 aliphatic rings. The van der Waals surface area contributed by atoms with E-state index in [1.165, 1.54) is 6.92 Å². The lowest BCUT2D eigenvalue weighted by molar-refractivity contribution is -0.777. The number of carbonyl (C=O) groups is 1. The van der Waals surface area contributed by atoms with E-state index < -0.39 is 23.3 Å². The zero-order chi connectivity index (χ0) is 19.0. The molecule has 0 aliphatic carbocycles. The number of aryl methyl sites for hydroxylation is 1. The normalized spacial score (nSPS) is 13.5. The smallest absolute Gasteiger partial charge is 0.315 e. The second kappa shape index (κ2) is 6.84. The summed E-state index contributed by atoms with van der Waals surface area (Å²) < 4.78 is 7.00. The molecule has 0 radical (unpaired) electrons. The van der Waals surface area contributed by atoms with Crippen molar-refractivity contribution in [2.24, 2.45) is 7.05 Å². The van der Waals surface area contributed by atoms with Gasteiger partial charge in [0.15, 0.2) is 0 Å². The molecular weight excluding hydrogens is 360 g/mol. The van der Waals surface area contributed by atoms with Crippen LogP contribution in [0.5, 0.6) is 0 Å². The maximum Gasteiger partial charge on any atom is 0.315 e. The zero-order valence-corrected chi connectivity index (χ0v) is 15.2. The van der Waals surface area contributed by atoms with Gasteiger partial charge in [0.05, 0.1) is 5.92 Å². The van der Waals surface area contributed by atoms with Gasteiger partial charge in [0.25, 0.3) is 5.09 Å². The van der Waals surface area contributed by atoms with Crippen molar-refractivity contribution in [1.29, 1.82) is 0 Å². The first kappa shape index (κ1) is 18.0. The summed E-state index contributed by atoms with van der Waals surface area (Å²) in [7, 11) is 1.94. The Balaban J connectivity index is 1.93. The third kappa shape index (κ3) is 3.30. The summed E-state index contributed by atoms with van der Waals surface area (Å²) in [6.07, 6.45) is -1.26. The molecule has 26 heavy (non-hydrogen) atoms. The van der Waals surface area contributed by atoms with E-state index in [1.54, 1.807) is 6.92 Å². The lowest BCUT2D eigenvalue weighted by Gasteiger charge is -2.15. The van der Waals surface area contributed by atoms with E-state index in [0.29, 0.717) is 5.02 Å². The number of esters is 1. The number of ether oxygens (including phenoxy) is 1. The van der Waals surface area contributed by atoms with E-state index in [0.717, 1.165) is 27.4 Å². The van der Waals surface area contributed by atoms with Crippen molar-refractivity contribution < 1.29 is 19.5 Å². The lowest BCUT2D eigenvalue weighted by atomic mass is 9.99. The Morgan fingerprint density at radius 2 is 1.88 bits per heavy atom. The molecule has 8 heteroatoms. The highest BCUT2D eigenvalue weighted by Crippen LogP contribution is 2.32. The van der Waals surface area contributed by atoms with Crippen LogP contribution in [0.1, 0.15) is 25.3 Å². The molecule has 3 aromatic rings. The van der Waals surface area contributed by atoms with Crippen LogP contribution >= 0.6 is 11.6 Å². The number of rotatable bonds is 5. The van der Waals surface area contributed by atoms with Crippen LogP contribution in [-0.2, 0) is 21.4 Å². The van der Waals surface area contributed by atoms with Crippen molar-refractivity contribution in [3.63, 3.8) is 0 Å². The number of fused-ring (bicyclic) bond motifs is 3. The molecule has 0 aliphatic heterocycles. The van der Waals surface area contributed by atoms with E-state index >= 15 is 0 Å². The second-order valence-corrected chi connectivity index (χ2v) is 6.49. The minimum absolute atomic E-state index is 0.597. The van der Waals surface area contributed by atoms with E-state index in [-0.39, 0.29) is 0 Å². The molecule has 0 bridgehead atoms. The molecule has 2 aromatic carbocycles. The Labute approximate surface area is 154 Å². The number of hydrogen-bond donors (Lipinski definition) is 0. The highest BCUT2D eigenvalue weighted by molar-refractivity contribution is 6.31.